The lowest BCUT2D eigenvalue weighted by molar-refractivity contribution is 0.467. The van der Waals surface area contributed by atoms with Gasteiger partial charge in [-0.3, -0.25) is 0 Å². The molecule has 0 aliphatic heterocycles. The number of nitrogens with zero attached hydrogens (tertiary/aromatic N) is 2. The highest BCUT2D eigenvalue weighted by atomic mass is 79.9. The summed E-state index contributed by atoms with van der Waals surface area (Å²) in [7, 11) is -3.26. The van der Waals surface area contributed by atoms with Gasteiger partial charge in [0.25, 0.3) is 0 Å². The third kappa shape index (κ3) is 3.99. The van der Waals surface area contributed by atoms with Crippen molar-refractivity contribution in [2.75, 3.05) is 5.75 Å². The molecule has 2 aromatic carbocycles. The number of aromatic nitrogens is 2. The number of ether oxygens (including phenoxy) is 1. The molecule has 1 aromatic heterocycles. The molecule has 0 aliphatic carbocycles. The molecule has 0 saturated heterocycles. The molecule has 0 bridgehead atoms. The summed E-state index contributed by atoms with van der Waals surface area (Å²) >= 11 is 3.43. The molecule has 0 fully saturated rings. The molecule has 26 heavy (non-hydrogen) atoms. The van der Waals surface area contributed by atoms with Crippen LogP contribution in [-0.4, -0.2) is 23.7 Å². The van der Waals surface area contributed by atoms with Gasteiger partial charge in [0.2, 0.25) is 0 Å². The molecule has 0 atom stereocenters. The second-order valence-corrected chi connectivity index (χ2v) is 9.03. The molecular formula is C19H19BrN2O3S. The second kappa shape index (κ2) is 7.63. The normalized spacial score (nSPS) is 11.5. The van der Waals surface area contributed by atoms with E-state index in [-0.39, 0.29) is 10.6 Å². The summed E-state index contributed by atoms with van der Waals surface area (Å²) in [5.41, 5.74) is 2.01. The van der Waals surface area contributed by atoms with E-state index in [4.69, 9.17) is 4.74 Å². The fourth-order valence-electron chi connectivity index (χ4n) is 2.60. The molecule has 1 heterocycles. The molecule has 3 aromatic rings. The van der Waals surface area contributed by atoms with E-state index in [2.05, 4.69) is 20.9 Å². The van der Waals surface area contributed by atoms with E-state index >= 15 is 0 Å². The summed E-state index contributed by atoms with van der Waals surface area (Å²) in [6.07, 6.45) is 5.39. The number of aryl methyl sites for hydroxylation is 1. The van der Waals surface area contributed by atoms with Crippen molar-refractivity contribution in [3.05, 3.63) is 70.7 Å². The average molecular weight is 435 g/mol. The number of benzene rings is 2. The Morgan fingerprint density at radius 3 is 2.69 bits per heavy atom. The van der Waals surface area contributed by atoms with Gasteiger partial charge in [-0.1, -0.05) is 25.1 Å². The van der Waals surface area contributed by atoms with Crippen LogP contribution in [0.5, 0.6) is 11.5 Å². The van der Waals surface area contributed by atoms with Crippen molar-refractivity contribution < 1.29 is 13.2 Å². The molecule has 0 aliphatic rings. The zero-order valence-electron chi connectivity index (χ0n) is 14.5. The van der Waals surface area contributed by atoms with E-state index in [0.29, 0.717) is 16.8 Å². The molecule has 5 nitrogen and oxygen atoms in total. The fraction of sp³-hybridized carbons (Fsp3) is 0.211. The lowest BCUT2D eigenvalue weighted by atomic mass is 10.1. The fourth-order valence-corrected chi connectivity index (χ4v) is 4.11. The monoisotopic (exact) mass is 434 g/mol. The Bertz CT molecular complexity index is 1020. The van der Waals surface area contributed by atoms with Crippen molar-refractivity contribution in [1.82, 2.24) is 9.55 Å². The van der Waals surface area contributed by atoms with Crippen molar-refractivity contribution in [2.45, 2.75) is 25.3 Å². The minimum atomic E-state index is -3.26. The van der Waals surface area contributed by atoms with Gasteiger partial charge in [0, 0.05) is 18.0 Å². The molecular weight excluding hydrogens is 416 g/mol. The molecule has 0 unspecified atom stereocenters. The predicted molar refractivity (Wildman–Crippen MR) is 104 cm³/mol. The van der Waals surface area contributed by atoms with Gasteiger partial charge in [0.15, 0.2) is 9.84 Å². The highest BCUT2D eigenvalue weighted by Gasteiger charge is 2.16. The number of hydrogen-bond acceptors (Lipinski definition) is 4. The van der Waals surface area contributed by atoms with Crippen LogP contribution >= 0.6 is 15.9 Å². The van der Waals surface area contributed by atoms with Crippen LogP contribution in [0.3, 0.4) is 0 Å². The van der Waals surface area contributed by atoms with E-state index in [9.17, 15) is 8.42 Å². The van der Waals surface area contributed by atoms with Crippen molar-refractivity contribution >= 4 is 25.8 Å². The Morgan fingerprint density at radius 2 is 2.04 bits per heavy atom. The minimum Gasteiger partial charge on any atom is -0.456 e. The summed E-state index contributed by atoms with van der Waals surface area (Å²) in [6.45, 7) is 4.25. The summed E-state index contributed by atoms with van der Waals surface area (Å²) < 4.78 is 32.8. The summed E-state index contributed by atoms with van der Waals surface area (Å²) in [5, 5.41) is 0. The lowest BCUT2D eigenvalue weighted by Crippen LogP contribution is -2.04. The van der Waals surface area contributed by atoms with Crippen molar-refractivity contribution in [3.8, 4) is 11.5 Å². The van der Waals surface area contributed by atoms with Gasteiger partial charge in [-0.05, 0) is 46.6 Å². The first-order valence-electron chi connectivity index (χ1n) is 8.15. The first kappa shape index (κ1) is 18.7. The third-order valence-electron chi connectivity index (χ3n) is 4.06. The van der Waals surface area contributed by atoms with E-state index in [0.717, 1.165) is 16.9 Å². The number of sulfone groups is 1. The van der Waals surface area contributed by atoms with E-state index < -0.39 is 9.84 Å². The molecule has 3 rings (SSSR count). The topological polar surface area (TPSA) is 61.2 Å². The summed E-state index contributed by atoms with van der Waals surface area (Å²) in [5.74, 6) is 1.39. The molecule has 136 valence electrons. The van der Waals surface area contributed by atoms with Gasteiger partial charge in [-0.25, -0.2) is 13.4 Å². The Labute approximate surface area is 161 Å². The Hall–Kier alpha value is -2.12. The summed E-state index contributed by atoms with van der Waals surface area (Å²) in [6, 6.07) is 10.8. The van der Waals surface area contributed by atoms with Crippen LogP contribution in [0.15, 0.2) is 64.5 Å². The highest BCUT2D eigenvalue weighted by Crippen LogP contribution is 2.35. The van der Waals surface area contributed by atoms with Crippen LogP contribution in [0, 0.1) is 6.92 Å². The van der Waals surface area contributed by atoms with Crippen LogP contribution in [-0.2, 0) is 16.4 Å². The Kier molecular flexibility index (Phi) is 5.48. The van der Waals surface area contributed by atoms with Crippen LogP contribution in [0.25, 0.3) is 0 Å². The third-order valence-corrected chi connectivity index (χ3v) is 6.41. The number of para-hydroxylation sites is 1. The zero-order valence-corrected chi connectivity index (χ0v) is 16.9. The van der Waals surface area contributed by atoms with Crippen molar-refractivity contribution in [2.24, 2.45) is 0 Å². The highest BCUT2D eigenvalue weighted by molar-refractivity contribution is 9.10. The SMILES string of the molecule is CCS(=O)(=O)c1ccc(Oc2c(C)cccc2Cn2ccnc2)c(Br)c1. The smallest absolute Gasteiger partial charge is 0.178 e. The molecule has 0 amide bonds. The predicted octanol–water partition coefficient (Wildman–Crippen LogP) is 4.59. The molecule has 0 radical (unpaired) electrons. The number of imidazole rings is 1. The Morgan fingerprint density at radius 1 is 1.23 bits per heavy atom. The summed E-state index contributed by atoms with van der Waals surface area (Å²) in [4.78, 5) is 4.35. The van der Waals surface area contributed by atoms with Crippen molar-refractivity contribution in [1.29, 1.82) is 0 Å². The van der Waals surface area contributed by atoms with Gasteiger partial charge >= 0.3 is 0 Å². The van der Waals surface area contributed by atoms with Crippen molar-refractivity contribution in [3.63, 3.8) is 0 Å². The van der Waals surface area contributed by atoms with Gasteiger partial charge in [-0.15, -0.1) is 0 Å². The first-order chi connectivity index (χ1) is 12.4. The van der Waals surface area contributed by atoms with E-state index in [1.807, 2.05) is 35.9 Å². The molecule has 7 heteroatoms. The molecule has 0 N–H and O–H groups in total. The molecule has 0 saturated carbocycles. The first-order valence-corrected chi connectivity index (χ1v) is 10.6. The Balaban J connectivity index is 1.94. The maximum absolute atomic E-state index is 12.0. The number of halogens is 1. The largest absolute Gasteiger partial charge is 0.456 e. The standard InChI is InChI=1S/C19H19BrN2O3S/c1-3-26(23,24)16-7-8-18(17(20)11-16)25-19-14(2)5-4-6-15(19)12-22-10-9-21-13-22/h4-11,13H,3,12H2,1-2H3. The minimum absolute atomic E-state index is 0.0620. The van der Waals surface area contributed by atoms with Gasteiger partial charge in [-0.2, -0.15) is 0 Å². The number of rotatable bonds is 6. The zero-order chi connectivity index (χ0) is 18.7. The van der Waals surface area contributed by atoms with Crippen LogP contribution in [0.1, 0.15) is 18.1 Å². The van der Waals surface area contributed by atoms with Gasteiger partial charge in [0.05, 0.1) is 28.0 Å². The van der Waals surface area contributed by atoms with Crippen LogP contribution in [0.4, 0.5) is 0 Å². The van der Waals surface area contributed by atoms with Crippen LogP contribution in [0.2, 0.25) is 0 Å². The molecule has 0 spiro atoms. The quantitative estimate of drug-likeness (QED) is 0.569. The van der Waals surface area contributed by atoms with E-state index in [1.54, 1.807) is 37.6 Å². The average Bonchev–Trinajstić information content (AvgIpc) is 3.12. The number of hydrogen-bond donors (Lipinski definition) is 0. The lowest BCUT2D eigenvalue weighted by Gasteiger charge is -2.16. The maximum atomic E-state index is 12.0. The van der Waals surface area contributed by atoms with E-state index in [1.165, 1.54) is 0 Å². The van der Waals surface area contributed by atoms with Gasteiger partial charge in [0.1, 0.15) is 11.5 Å². The van der Waals surface area contributed by atoms with Gasteiger partial charge < -0.3 is 9.30 Å². The maximum Gasteiger partial charge on any atom is 0.178 e. The van der Waals surface area contributed by atoms with Crippen LogP contribution < -0.4 is 4.74 Å². The second-order valence-electron chi connectivity index (χ2n) is 5.90.